The third-order valence-corrected chi connectivity index (χ3v) is 11.2. The molecule has 0 aromatic heterocycles. The van der Waals surface area contributed by atoms with Crippen molar-refractivity contribution < 1.29 is 14.3 Å². The first-order chi connectivity index (χ1) is 17.9. The van der Waals surface area contributed by atoms with Crippen molar-refractivity contribution in [3.8, 4) is 11.5 Å². The lowest BCUT2D eigenvalue weighted by molar-refractivity contribution is -0.134. The molecule has 1 fully saturated rings. The van der Waals surface area contributed by atoms with E-state index in [9.17, 15) is 4.79 Å². The fourth-order valence-corrected chi connectivity index (χ4v) is 9.04. The molecule has 0 bridgehead atoms. The number of likely N-dealkylation sites (N-methyl/N-ethyl adjacent to an activating group) is 1. The van der Waals surface area contributed by atoms with E-state index < -0.39 is 5.72 Å². The Hall–Kier alpha value is -2.57. The molecule has 0 aliphatic carbocycles. The maximum absolute atomic E-state index is 12.5. The zero-order valence-electron chi connectivity index (χ0n) is 21.7. The number of nitrogens with zero attached hydrogens (tertiary/aromatic N) is 1. The van der Waals surface area contributed by atoms with Crippen molar-refractivity contribution in [1.82, 2.24) is 0 Å². The molecule has 192 valence electrons. The van der Waals surface area contributed by atoms with Crippen molar-refractivity contribution in [2.24, 2.45) is 0 Å². The van der Waals surface area contributed by atoms with Crippen LogP contribution < -0.4 is 14.4 Å². The number of anilines is 1. The highest BCUT2D eigenvalue weighted by atomic mass is 33.1. The van der Waals surface area contributed by atoms with Crippen LogP contribution in [0.5, 0.6) is 11.5 Å². The molecule has 6 rings (SSSR count). The van der Waals surface area contributed by atoms with Crippen LogP contribution in [-0.4, -0.2) is 29.7 Å². The Morgan fingerprint density at radius 3 is 2.78 bits per heavy atom. The van der Waals surface area contributed by atoms with E-state index in [0.717, 1.165) is 40.2 Å². The van der Waals surface area contributed by atoms with Gasteiger partial charge in [0.1, 0.15) is 11.5 Å². The van der Waals surface area contributed by atoms with Gasteiger partial charge in [0.05, 0.1) is 5.41 Å². The first kappa shape index (κ1) is 24.7. The summed E-state index contributed by atoms with van der Waals surface area (Å²) in [6.07, 6.45) is 9.28. The number of carbonyl (C=O) groups excluding carboxylic acids is 1. The monoisotopic (exact) mass is 531 g/mol. The van der Waals surface area contributed by atoms with Gasteiger partial charge >= 0.3 is 5.97 Å². The lowest BCUT2D eigenvalue weighted by atomic mass is 9.76. The van der Waals surface area contributed by atoms with Crippen LogP contribution in [0.3, 0.4) is 0 Å². The summed E-state index contributed by atoms with van der Waals surface area (Å²) >= 11 is 0. The van der Waals surface area contributed by atoms with Crippen LogP contribution in [0.1, 0.15) is 57.1 Å². The number of carbonyl (C=O) groups is 1. The second kappa shape index (κ2) is 9.63. The van der Waals surface area contributed by atoms with Crippen LogP contribution in [0.2, 0.25) is 0 Å². The second-order valence-corrected chi connectivity index (χ2v) is 13.5. The van der Waals surface area contributed by atoms with E-state index in [4.69, 9.17) is 9.47 Å². The van der Waals surface area contributed by atoms with Gasteiger partial charge in [-0.2, -0.15) is 0 Å². The van der Waals surface area contributed by atoms with Gasteiger partial charge in [-0.1, -0.05) is 58.3 Å². The molecule has 0 amide bonds. The predicted molar refractivity (Wildman–Crippen MR) is 157 cm³/mol. The quantitative estimate of drug-likeness (QED) is 0.139. The third-order valence-electron chi connectivity index (χ3n) is 8.18. The standard InChI is InChI=1S/C31H33NO3S2/c1-30(2)26-9-5-6-10-27(26)32(3)31(30)18-16-24-25-20-22(14-12-21(25)13-15-28(24)35-31)34-29(33)11-7-4-8-23-17-19-36-37-23/h5-6,9-10,12-16,18,20,23H,4,7-8,11,17,19H2,1-3H3. The van der Waals surface area contributed by atoms with Gasteiger partial charge in [-0.05, 0) is 85.9 Å². The molecule has 2 atom stereocenters. The summed E-state index contributed by atoms with van der Waals surface area (Å²) in [5.74, 6) is 2.53. The van der Waals surface area contributed by atoms with Gasteiger partial charge in [0.25, 0.3) is 0 Å². The highest BCUT2D eigenvalue weighted by molar-refractivity contribution is 8.77. The summed E-state index contributed by atoms with van der Waals surface area (Å²) in [6, 6.07) is 18.6. The summed E-state index contributed by atoms with van der Waals surface area (Å²) in [6.45, 7) is 4.49. The van der Waals surface area contributed by atoms with Gasteiger partial charge in [0.15, 0.2) is 0 Å². The van der Waals surface area contributed by atoms with Crippen molar-refractivity contribution in [1.29, 1.82) is 0 Å². The highest BCUT2D eigenvalue weighted by Crippen LogP contribution is 2.54. The van der Waals surface area contributed by atoms with Crippen LogP contribution in [0.15, 0.2) is 60.7 Å². The van der Waals surface area contributed by atoms with Gasteiger partial charge in [-0.3, -0.25) is 4.79 Å². The Bertz CT molecular complexity index is 1380. The molecule has 0 radical (unpaired) electrons. The molecular weight excluding hydrogens is 498 g/mol. The largest absolute Gasteiger partial charge is 0.463 e. The number of ether oxygens (including phenoxy) is 2. The fourth-order valence-electron chi connectivity index (χ4n) is 6.01. The molecule has 6 heteroatoms. The lowest BCUT2D eigenvalue weighted by Crippen LogP contribution is -2.58. The molecule has 3 heterocycles. The van der Waals surface area contributed by atoms with E-state index in [1.54, 1.807) is 0 Å². The number of para-hydroxylation sites is 1. The molecular formula is C31H33NO3S2. The summed E-state index contributed by atoms with van der Waals surface area (Å²) < 4.78 is 12.6. The van der Waals surface area contributed by atoms with Crippen LogP contribution in [0.25, 0.3) is 16.8 Å². The van der Waals surface area contributed by atoms with Crippen LogP contribution in [0.4, 0.5) is 5.69 Å². The third kappa shape index (κ3) is 4.22. The molecule has 3 aromatic carbocycles. The smallest absolute Gasteiger partial charge is 0.311 e. The van der Waals surface area contributed by atoms with E-state index in [-0.39, 0.29) is 11.4 Å². The molecule has 1 saturated heterocycles. The molecule has 1 spiro atoms. The van der Waals surface area contributed by atoms with E-state index in [1.807, 2.05) is 39.8 Å². The summed E-state index contributed by atoms with van der Waals surface area (Å²) in [5.41, 5.74) is 2.64. The normalized spacial score (nSPS) is 23.2. The van der Waals surface area contributed by atoms with Crippen LogP contribution in [0, 0.1) is 0 Å². The Morgan fingerprint density at radius 1 is 1.14 bits per heavy atom. The first-order valence-electron chi connectivity index (χ1n) is 13.2. The van der Waals surface area contributed by atoms with E-state index in [0.29, 0.717) is 12.2 Å². The van der Waals surface area contributed by atoms with E-state index in [2.05, 4.69) is 74.3 Å². The minimum atomic E-state index is -0.614. The SMILES string of the molecule is CN1c2ccccc2C(C)(C)C12C=Cc1c(ccc3ccc(OC(=O)CCCCC4CCSS4)cc13)O2. The Balaban J connectivity index is 1.21. The highest BCUT2D eigenvalue weighted by Gasteiger charge is 2.57. The number of fused-ring (bicyclic) bond motifs is 4. The molecule has 3 aromatic rings. The van der Waals surface area contributed by atoms with Crippen LogP contribution in [-0.2, 0) is 10.2 Å². The summed E-state index contributed by atoms with van der Waals surface area (Å²) in [7, 11) is 6.08. The molecule has 0 saturated carbocycles. The minimum Gasteiger partial charge on any atom is -0.463 e. The number of unbranched alkanes of at least 4 members (excludes halogenated alkanes) is 1. The maximum atomic E-state index is 12.5. The van der Waals surface area contributed by atoms with Crippen molar-refractivity contribution >= 4 is 50.1 Å². The molecule has 3 aliphatic heterocycles. The number of rotatable bonds is 6. The molecule has 37 heavy (non-hydrogen) atoms. The predicted octanol–water partition coefficient (Wildman–Crippen LogP) is 7.99. The zero-order valence-corrected chi connectivity index (χ0v) is 23.3. The molecule has 0 N–H and O–H groups in total. The van der Waals surface area contributed by atoms with Gasteiger partial charge in [0, 0.05) is 35.7 Å². The molecule has 4 nitrogen and oxygen atoms in total. The van der Waals surface area contributed by atoms with E-state index >= 15 is 0 Å². The Morgan fingerprint density at radius 2 is 1.97 bits per heavy atom. The maximum Gasteiger partial charge on any atom is 0.311 e. The minimum absolute atomic E-state index is 0.157. The van der Waals surface area contributed by atoms with Crippen LogP contribution >= 0.6 is 21.6 Å². The second-order valence-electron chi connectivity index (χ2n) is 10.7. The summed E-state index contributed by atoms with van der Waals surface area (Å²) in [4.78, 5) is 14.8. The van der Waals surface area contributed by atoms with Gasteiger partial charge < -0.3 is 14.4 Å². The van der Waals surface area contributed by atoms with Gasteiger partial charge in [-0.15, -0.1) is 0 Å². The molecule has 3 aliphatic rings. The topological polar surface area (TPSA) is 38.8 Å². The van der Waals surface area contributed by atoms with Crippen molar-refractivity contribution in [2.75, 3.05) is 17.7 Å². The number of hydrogen-bond acceptors (Lipinski definition) is 6. The Kier molecular flexibility index (Phi) is 6.44. The van der Waals surface area contributed by atoms with Crippen molar-refractivity contribution in [3.05, 3.63) is 71.8 Å². The van der Waals surface area contributed by atoms with E-state index in [1.165, 1.54) is 29.8 Å². The molecule has 2 unspecified atom stereocenters. The average molecular weight is 532 g/mol. The lowest BCUT2D eigenvalue weighted by Gasteiger charge is -2.46. The number of benzene rings is 3. The average Bonchev–Trinajstić information content (AvgIpc) is 3.48. The zero-order chi connectivity index (χ0) is 25.6. The number of hydrogen-bond donors (Lipinski definition) is 0. The van der Waals surface area contributed by atoms with Crippen molar-refractivity contribution in [2.45, 2.75) is 62.3 Å². The number of esters is 1. The Labute approximate surface area is 227 Å². The fraction of sp³-hybridized carbons (Fsp3) is 0.387. The van der Waals surface area contributed by atoms with Crippen molar-refractivity contribution in [3.63, 3.8) is 0 Å². The van der Waals surface area contributed by atoms with Gasteiger partial charge in [0.2, 0.25) is 5.72 Å². The summed E-state index contributed by atoms with van der Waals surface area (Å²) in [5, 5.41) is 2.88. The first-order valence-corrected chi connectivity index (χ1v) is 15.5. The van der Waals surface area contributed by atoms with Gasteiger partial charge in [-0.25, -0.2) is 0 Å².